The number of aromatic nitrogens is 1. The average molecular weight is 469 g/mol. The quantitative estimate of drug-likeness (QED) is 0.580. The molecule has 0 radical (unpaired) electrons. The molecule has 0 amide bonds. The van der Waals surface area contributed by atoms with E-state index in [0.29, 0.717) is 28.2 Å². The summed E-state index contributed by atoms with van der Waals surface area (Å²) >= 11 is 0. The number of hydrogen-bond donors (Lipinski definition) is 1. The van der Waals surface area contributed by atoms with Gasteiger partial charge in [0, 0.05) is 25.3 Å². The highest BCUT2D eigenvalue weighted by molar-refractivity contribution is 7.89. The van der Waals surface area contributed by atoms with Crippen molar-refractivity contribution in [2.45, 2.75) is 65.0 Å². The summed E-state index contributed by atoms with van der Waals surface area (Å²) in [6, 6.07) is 9.63. The molecule has 1 N–H and O–H groups in total. The second-order valence-electron chi connectivity index (χ2n) is 9.33. The predicted molar refractivity (Wildman–Crippen MR) is 131 cm³/mol. The standard InChI is InChI=1S/C26H32N2O4S/c1-16-10-19(4)25(20(5)11-16)33(30,31)28(15-23-7-6-8-32-23)14-22-13-21-12-17(2)9-18(3)24(21)27-26(22)29/h9-13,23H,6-8,14-15H2,1-5H3,(H,27,29). The summed E-state index contributed by atoms with van der Waals surface area (Å²) < 4.78 is 35.0. The van der Waals surface area contributed by atoms with Gasteiger partial charge in [0.1, 0.15) is 0 Å². The van der Waals surface area contributed by atoms with E-state index >= 15 is 0 Å². The number of hydrogen-bond acceptors (Lipinski definition) is 4. The van der Waals surface area contributed by atoms with Crippen LogP contribution in [-0.2, 0) is 21.3 Å². The van der Waals surface area contributed by atoms with Gasteiger partial charge in [-0.25, -0.2) is 8.42 Å². The van der Waals surface area contributed by atoms with E-state index in [4.69, 9.17) is 4.74 Å². The topological polar surface area (TPSA) is 79.5 Å². The molecule has 7 heteroatoms. The molecule has 2 heterocycles. The van der Waals surface area contributed by atoms with Gasteiger partial charge in [0.25, 0.3) is 5.56 Å². The first-order valence-corrected chi connectivity index (χ1v) is 12.8. The van der Waals surface area contributed by atoms with Crippen molar-refractivity contribution < 1.29 is 13.2 Å². The molecule has 0 aliphatic carbocycles. The van der Waals surface area contributed by atoms with Gasteiger partial charge < -0.3 is 9.72 Å². The Morgan fingerprint density at radius 2 is 1.61 bits per heavy atom. The van der Waals surface area contributed by atoms with Crippen molar-refractivity contribution in [1.82, 2.24) is 9.29 Å². The monoisotopic (exact) mass is 468 g/mol. The van der Waals surface area contributed by atoms with Crippen LogP contribution in [-0.4, -0.2) is 37.0 Å². The van der Waals surface area contributed by atoms with Crippen LogP contribution in [0.1, 0.15) is 46.2 Å². The van der Waals surface area contributed by atoms with Crippen molar-refractivity contribution >= 4 is 20.9 Å². The molecule has 176 valence electrons. The number of benzene rings is 2. The SMILES string of the molecule is Cc1cc(C)c(S(=O)(=O)N(Cc2cc3cc(C)cc(C)c3[nH]c2=O)CC2CCCO2)c(C)c1. The van der Waals surface area contributed by atoms with Crippen molar-refractivity contribution in [3.63, 3.8) is 0 Å². The molecule has 3 aromatic rings. The first-order valence-electron chi connectivity index (χ1n) is 11.4. The highest BCUT2D eigenvalue weighted by atomic mass is 32.2. The number of aryl methyl sites for hydroxylation is 5. The summed E-state index contributed by atoms with van der Waals surface area (Å²) in [5, 5.41) is 0.902. The molecule has 6 nitrogen and oxygen atoms in total. The Morgan fingerprint density at radius 1 is 0.970 bits per heavy atom. The average Bonchev–Trinajstić information content (AvgIpc) is 3.21. The summed E-state index contributed by atoms with van der Waals surface area (Å²) in [6.07, 6.45) is 1.55. The molecule has 4 rings (SSSR count). The molecule has 1 aliphatic heterocycles. The molecule has 0 saturated carbocycles. The number of fused-ring (bicyclic) bond motifs is 1. The zero-order valence-electron chi connectivity index (χ0n) is 20.0. The summed E-state index contributed by atoms with van der Waals surface area (Å²) in [5.74, 6) is 0. The zero-order chi connectivity index (χ0) is 23.9. The van der Waals surface area contributed by atoms with Crippen LogP contribution in [0, 0.1) is 34.6 Å². The second kappa shape index (κ2) is 9.05. The minimum Gasteiger partial charge on any atom is -0.377 e. The molecule has 2 aromatic carbocycles. The van der Waals surface area contributed by atoms with E-state index in [9.17, 15) is 13.2 Å². The number of nitrogens with one attached hydrogen (secondary N) is 1. The smallest absolute Gasteiger partial charge is 0.252 e. The van der Waals surface area contributed by atoms with E-state index in [-0.39, 0.29) is 24.8 Å². The van der Waals surface area contributed by atoms with Crippen LogP contribution in [0.4, 0.5) is 0 Å². The first-order chi connectivity index (χ1) is 15.6. The van der Waals surface area contributed by atoms with Gasteiger partial charge in [-0.3, -0.25) is 4.79 Å². The Labute approximate surface area is 195 Å². The van der Waals surface area contributed by atoms with Gasteiger partial charge in [0.15, 0.2) is 0 Å². The summed E-state index contributed by atoms with van der Waals surface area (Å²) in [7, 11) is -3.85. The Balaban J connectivity index is 1.80. The summed E-state index contributed by atoms with van der Waals surface area (Å²) in [5.41, 5.74) is 5.47. The van der Waals surface area contributed by atoms with Crippen molar-refractivity contribution in [3.8, 4) is 0 Å². The molecule has 1 fully saturated rings. The molecule has 0 bridgehead atoms. The minimum absolute atomic E-state index is 0.00673. The molecule has 0 spiro atoms. The lowest BCUT2D eigenvalue weighted by Gasteiger charge is -2.26. The minimum atomic E-state index is -3.85. The van der Waals surface area contributed by atoms with Crippen molar-refractivity contribution in [2.75, 3.05) is 13.2 Å². The van der Waals surface area contributed by atoms with E-state index < -0.39 is 10.0 Å². The third-order valence-electron chi connectivity index (χ3n) is 6.35. The first kappa shape index (κ1) is 23.7. The Morgan fingerprint density at radius 3 is 2.24 bits per heavy atom. The maximum absolute atomic E-state index is 13.9. The van der Waals surface area contributed by atoms with Crippen LogP contribution >= 0.6 is 0 Å². The number of aromatic amines is 1. The lowest BCUT2D eigenvalue weighted by Crippen LogP contribution is -2.39. The highest BCUT2D eigenvalue weighted by Gasteiger charge is 2.32. The largest absolute Gasteiger partial charge is 0.377 e. The molecule has 1 aromatic heterocycles. The molecular weight excluding hydrogens is 436 g/mol. The van der Waals surface area contributed by atoms with Crippen LogP contribution < -0.4 is 5.56 Å². The van der Waals surface area contributed by atoms with Crippen LogP contribution in [0.5, 0.6) is 0 Å². The molecular formula is C26H32N2O4S. The van der Waals surface area contributed by atoms with Gasteiger partial charge in [-0.2, -0.15) is 4.31 Å². The molecule has 1 saturated heterocycles. The van der Waals surface area contributed by atoms with E-state index in [2.05, 4.69) is 4.98 Å². The number of rotatable bonds is 6. The second-order valence-corrected chi connectivity index (χ2v) is 11.2. The van der Waals surface area contributed by atoms with Crippen LogP contribution in [0.2, 0.25) is 0 Å². The fourth-order valence-electron chi connectivity index (χ4n) is 5.01. The molecule has 1 unspecified atom stereocenters. The Bertz CT molecular complexity index is 1350. The molecule has 1 aliphatic rings. The van der Waals surface area contributed by atoms with Crippen molar-refractivity contribution in [1.29, 1.82) is 0 Å². The van der Waals surface area contributed by atoms with Gasteiger partial charge in [-0.05, 0) is 81.7 Å². The summed E-state index contributed by atoms with van der Waals surface area (Å²) in [4.78, 5) is 16.3. The van der Waals surface area contributed by atoms with Crippen molar-refractivity contribution in [3.05, 3.63) is 74.1 Å². The van der Waals surface area contributed by atoms with Gasteiger partial charge >= 0.3 is 0 Å². The fraction of sp³-hybridized carbons (Fsp3) is 0.423. The van der Waals surface area contributed by atoms with E-state index in [1.165, 1.54) is 4.31 Å². The summed E-state index contributed by atoms with van der Waals surface area (Å²) in [6.45, 7) is 10.4. The Kier molecular flexibility index (Phi) is 6.49. The van der Waals surface area contributed by atoms with Gasteiger partial charge in [0.2, 0.25) is 10.0 Å². The third kappa shape index (κ3) is 4.76. The van der Waals surface area contributed by atoms with E-state index in [0.717, 1.165) is 40.4 Å². The number of nitrogens with zero attached hydrogens (tertiary/aromatic N) is 1. The number of sulfonamides is 1. The van der Waals surface area contributed by atoms with E-state index in [1.54, 1.807) is 0 Å². The normalized spacial score (nSPS) is 16.7. The third-order valence-corrected chi connectivity index (χ3v) is 8.47. The van der Waals surface area contributed by atoms with Gasteiger partial charge in [0.05, 0.1) is 16.5 Å². The van der Waals surface area contributed by atoms with Crippen molar-refractivity contribution in [2.24, 2.45) is 0 Å². The van der Waals surface area contributed by atoms with E-state index in [1.807, 2.05) is 65.0 Å². The Hall–Kier alpha value is -2.48. The highest BCUT2D eigenvalue weighted by Crippen LogP contribution is 2.28. The molecule has 1 atom stereocenters. The fourth-order valence-corrected chi connectivity index (χ4v) is 6.87. The maximum atomic E-state index is 13.9. The lowest BCUT2D eigenvalue weighted by molar-refractivity contribution is 0.0925. The van der Waals surface area contributed by atoms with Crippen LogP contribution in [0.3, 0.4) is 0 Å². The van der Waals surface area contributed by atoms with Crippen LogP contribution in [0.15, 0.2) is 40.0 Å². The van der Waals surface area contributed by atoms with Crippen LogP contribution in [0.25, 0.3) is 10.9 Å². The maximum Gasteiger partial charge on any atom is 0.252 e. The van der Waals surface area contributed by atoms with Gasteiger partial charge in [-0.15, -0.1) is 0 Å². The van der Waals surface area contributed by atoms with Gasteiger partial charge in [-0.1, -0.05) is 29.3 Å². The lowest BCUT2D eigenvalue weighted by atomic mass is 10.1. The molecule has 33 heavy (non-hydrogen) atoms. The number of ether oxygens (including phenoxy) is 1. The zero-order valence-corrected chi connectivity index (χ0v) is 20.8. The number of pyridine rings is 1. The predicted octanol–water partition coefficient (Wildman–Crippen LogP) is 4.44. The number of H-pyrrole nitrogens is 1.